The van der Waals surface area contributed by atoms with E-state index in [9.17, 15) is 14.0 Å². The maximum absolute atomic E-state index is 13.8. The molecule has 1 aliphatic carbocycles. The lowest BCUT2D eigenvalue weighted by molar-refractivity contribution is -0.136. The molecule has 5 nitrogen and oxygen atoms in total. The van der Waals surface area contributed by atoms with Gasteiger partial charge in [0.05, 0.1) is 0 Å². The van der Waals surface area contributed by atoms with Crippen LogP contribution < -0.4 is 0 Å². The minimum absolute atomic E-state index is 0.136. The van der Waals surface area contributed by atoms with E-state index >= 15 is 0 Å². The molecule has 25 heavy (non-hydrogen) atoms. The highest BCUT2D eigenvalue weighted by Gasteiger charge is 2.31. The number of rotatable bonds is 2. The molecule has 0 atom stereocenters. The van der Waals surface area contributed by atoms with Gasteiger partial charge in [0.25, 0.3) is 5.91 Å². The second-order valence-electron chi connectivity index (χ2n) is 6.98. The third-order valence-electron chi connectivity index (χ3n) is 5.42. The number of nitrogens with zero attached hydrogens (tertiary/aromatic N) is 2. The quantitative estimate of drug-likeness (QED) is 0.912. The third kappa shape index (κ3) is 3.01. The summed E-state index contributed by atoms with van der Waals surface area (Å²) in [7, 11) is 0. The van der Waals surface area contributed by atoms with Crippen LogP contribution in [-0.2, 0) is 4.79 Å². The lowest BCUT2D eigenvalue weighted by Gasteiger charge is -2.35. The molecule has 0 radical (unpaired) electrons. The van der Waals surface area contributed by atoms with Crippen LogP contribution in [0.5, 0.6) is 0 Å². The zero-order chi connectivity index (χ0) is 17.4. The van der Waals surface area contributed by atoms with Crippen LogP contribution >= 0.6 is 0 Å². The first kappa shape index (κ1) is 16.1. The Hall–Kier alpha value is -2.37. The third-order valence-corrected chi connectivity index (χ3v) is 5.42. The number of hydrogen-bond acceptors (Lipinski definition) is 2. The average molecular weight is 343 g/mol. The van der Waals surface area contributed by atoms with Gasteiger partial charge < -0.3 is 14.8 Å². The number of aromatic amines is 1. The largest absolute Gasteiger partial charge is 0.350 e. The van der Waals surface area contributed by atoms with Gasteiger partial charge in [-0.1, -0.05) is 18.9 Å². The van der Waals surface area contributed by atoms with Crippen LogP contribution in [0.4, 0.5) is 4.39 Å². The monoisotopic (exact) mass is 343 g/mol. The molecule has 0 bridgehead atoms. The number of nitrogens with one attached hydrogen (secondary N) is 1. The van der Waals surface area contributed by atoms with Crippen molar-refractivity contribution in [1.82, 2.24) is 14.8 Å². The Morgan fingerprint density at radius 1 is 1.04 bits per heavy atom. The van der Waals surface area contributed by atoms with Gasteiger partial charge in [0, 0.05) is 43.0 Å². The van der Waals surface area contributed by atoms with Crippen LogP contribution in [-0.4, -0.2) is 52.8 Å². The maximum Gasteiger partial charge on any atom is 0.270 e. The van der Waals surface area contributed by atoms with Gasteiger partial charge in [-0.3, -0.25) is 9.59 Å². The number of carbonyl (C=O) groups excluding carboxylic acids is 2. The topological polar surface area (TPSA) is 56.4 Å². The minimum Gasteiger partial charge on any atom is -0.350 e. The number of fused-ring (bicyclic) bond motifs is 1. The fourth-order valence-corrected chi connectivity index (χ4v) is 3.96. The Bertz CT molecular complexity index is 802. The van der Waals surface area contributed by atoms with Gasteiger partial charge in [-0.25, -0.2) is 4.39 Å². The fourth-order valence-electron chi connectivity index (χ4n) is 3.96. The van der Waals surface area contributed by atoms with Gasteiger partial charge >= 0.3 is 0 Å². The molecule has 2 amide bonds. The van der Waals surface area contributed by atoms with Gasteiger partial charge in [-0.15, -0.1) is 0 Å². The first-order valence-corrected chi connectivity index (χ1v) is 8.99. The van der Waals surface area contributed by atoms with Crippen molar-refractivity contribution in [3.63, 3.8) is 0 Å². The number of aromatic nitrogens is 1. The van der Waals surface area contributed by atoms with Crippen molar-refractivity contribution in [3.05, 3.63) is 35.8 Å². The Labute approximate surface area is 145 Å². The molecular weight excluding hydrogens is 321 g/mol. The van der Waals surface area contributed by atoms with Crippen molar-refractivity contribution in [2.24, 2.45) is 5.92 Å². The maximum atomic E-state index is 13.8. The highest BCUT2D eigenvalue weighted by Crippen LogP contribution is 2.27. The smallest absolute Gasteiger partial charge is 0.270 e. The molecule has 2 heterocycles. The van der Waals surface area contributed by atoms with Crippen molar-refractivity contribution in [1.29, 1.82) is 0 Å². The van der Waals surface area contributed by atoms with E-state index in [0.29, 0.717) is 42.8 Å². The molecular formula is C19H22FN3O2. The Morgan fingerprint density at radius 2 is 1.72 bits per heavy atom. The van der Waals surface area contributed by atoms with E-state index in [-0.39, 0.29) is 23.5 Å². The lowest BCUT2D eigenvalue weighted by Crippen LogP contribution is -2.51. The number of carbonyl (C=O) groups is 2. The van der Waals surface area contributed by atoms with E-state index in [1.807, 2.05) is 4.90 Å². The van der Waals surface area contributed by atoms with Crippen LogP contribution in [0.25, 0.3) is 10.9 Å². The molecule has 2 fully saturated rings. The van der Waals surface area contributed by atoms with E-state index < -0.39 is 0 Å². The number of piperazine rings is 1. The summed E-state index contributed by atoms with van der Waals surface area (Å²) in [6.45, 7) is 2.20. The summed E-state index contributed by atoms with van der Waals surface area (Å²) < 4.78 is 13.8. The summed E-state index contributed by atoms with van der Waals surface area (Å²) in [4.78, 5) is 31.8. The van der Waals surface area contributed by atoms with Crippen molar-refractivity contribution >= 4 is 22.7 Å². The first-order chi connectivity index (χ1) is 12.1. The number of benzene rings is 1. The summed E-state index contributed by atoms with van der Waals surface area (Å²) in [5, 5.41) is 0.431. The summed E-state index contributed by atoms with van der Waals surface area (Å²) in [6, 6.07) is 6.34. The van der Waals surface area contributed by atoms with Crippen LogP contribution in [0.15, 0.2) is 24.3 Å². The van der Waals surface area contributed by atoms with Crippen molar-refractivity contribution in [2.75, 3.05) is 26.2 Å². The molecule has 1 N–H and O–H groups in total. The normalized spacial score (nSPS) is 18.9. The molecule has 1 aromatic heterocycles. The molecule has 1 saturated heterocycles. The van der Waals surface area contributed by atoms with Gasteiger partial charge in [0.1, 0.15) is 11.5 Å². The van der Waals surface area contributed by atoms with Gasteiger partial charge in [0.15, 0.2) is 0 Å². The molecule has 6 heteroatoms. The molecule has 2 aliphatic rings. The van der Waals surface area contributed by atoms with Gasteiger partial charge in [-0.05, 0) is 31.0 Å². The summed E-state index contributed by atoms with van der Waals surface area (Å²) >= 11 is 0. The Morgan fingerprint density at radius 3 is 2.40 bits per heavy atom. The minimum atomic E-state index is -0.334. The van der Waals surface area contributed by atoms with E-state index in [1.165, 1.54) is 6.07 Å². The van der Waals surface area contributed by atoms with Crippen molar-refractivity contribution < 1.29 is 14.0 Å². The number of H-pyrrole nitrogens is 1. The predicted octanol–water partition coefficient (Wildman–Crippen LogP) is 2.78. The van der Waals surface area contributed by atoms with E-state index in [1.54, 1.807) is 23.1 Å². The van der Waals surface area contributed by atoms with Crippen molar-refractivity contribution in [2.45, 2.75) is 25.7 Å². The standard InChI is InChI=1S/C19H22FN3O2/c20-15-6-3-7-16-14(15)12-17(21-16)19(25)23-10-8-22(9-11-23)18(24)13-4-1-2-5-13/h3,6-7,12-13,21H,1-2,4-5,8-11H2. The average Bonchev–Trinajstić information content (AvgIpc) is 3.31. The zero-order valence-electron chi connectivity index (χ0n) is 14.1. The number of halogens is 1. The van der Waals surface area contributed by atoms with E-state index in [4.69, 9.17) is 0 Å². The lowest BCUT2D eigenvalue weighted by atomic mass is 10.1. The zero-order valence-corrected chi connectivity index (χ0v) is 14.1. The fraction of sp³-hybridized carbons (Fsp3) is 0.474. The molecule has 4 rings (SSSR count). The predicted molar refractivity (Wildman–Crippen MR) is 92.7 cm³/mol. The second kappa shape index (κ2) is 6.50. The van der Waals surface area contributed by atoms with Crippen LogP contribution in [0.3, 0.4) is 0 Å². The molecule has 1 aliphatic heterocycles. The highest BCUT2D eigenvalue weighted by atomic mass is 19.1. The van der Waals surface area contributed by atoms with Gasteiger partial charge in [0.2, 0.25) is 5.91 Å². The Balaban J connectivity index is 1.42. The van der Waals surface area contributed by atoms with Crippen LogP contribution in [0.1, 0.15) is 36.2 Å². The second-order valence-corrected chi connectivity index (χ2v) is 6.98. The number of amides is 2. The first-order valence-electron chi connectivity index (χ1n) is 8.99. The molecule has 0 spiro atoms. The van der Waals surface area contributed by atoms with Gasteiger partial charge in [-0.2, -0.15) is 0 Å². The van der Waals surface area contributed by atoms with E-state index in [2.05, 4.69) is 4.98 Å². The molecule has 0 unspecified atom stereocenters. The molecule has 1 saturated carbocycles. The summed E-state index contributed by atoms with van der Waals surface area (Å²) in [5.74, 6) is -0.0421. The summed E-state index contributed by atoms with van der Waals surface area (Å²) in [5.41, 5.74) is 1.02. The molecule has 2 aromatic rings. The molecule has 1 aromatic carbocycles. The highest BCUT2D eigenvalue weighted by molar-refractivity contribution is 5.98. The SMILES string of the molecule is O=C(c1cc2c(F)cccc2[nH]1)N1CCN(C(=O)C2CCCC2)CC1. The number of hydrogen-bond donors (Lipinski definition) is 1. The van der Waals surface area contributed by atoms with E-state index in [0.717, 1.165) is 25.7 Å². The Kier molecular flexibility index (Phi) is 4.19. The summed E-state index contributed by atoms with van der Waals surface area (Å²) in [6.07, 6.45) is 4.29. The van der Waals surface area contributed by atoms with Crippen LogP contribution in [0, 0.1) is 11.7 Å². The molecule has 132 valence electrons. The van der Waals surface area contributed by atoms with Crippen molar-refractivity contribution in [3.8, 4) is 0 Å². The van der Waals surface area contributed by atoms with Crippen LogP contribution in [0.2, 0.25) is 0 Å².